The molecule has 0 saturated heterocycles. The van der Waals surface area contributed by atoms with Gasteiger partial charge in [-0.05, 0) is 54.7 Å². The van der Waals surface area contributed by atoms with E-state index in [2.05, 4.69) is 27.4 Å². The predicted octanol–water partition coefficient (Wildman–Crippen LogP) is 2.62. The molecule has 1 aliphatic carbocycles. The molecule has 0 fully saturated rings. The number of nitrogens with one attached hydrogen (secondary N) is 1. The van der Waals surface area contributed by atoms with Crippen LogP contribution in [0.3, 0.4) is 0 Å². The number of benzene rings is 1. The average molecular weight is 479 g/mol. The van der Waals surface area contributed by atoms with E-state index < -0.39 is 0 Å². The molecule has 7 heteroatoms. The first kappa shape index (κ1) is 21.1. The highest BCUT2D eigenvalue weighted by molar-refractivity contribution is 14.0. The van der Waals surface area contributed by atoms with Gasteiger partial charge in [0.15, 0.2) is 5.96 Å². The molecule has 0 spiro atoms. The zero-order valence-electron chi connectivity index (χ0n) is 15.5. The molecule has 0 unspecified atom stereocenters. The topological polar surface area (TPSA) is 83.6 Å². The molecule has 0 atom stereocenters. The van der Waals surface area contributed by atoms with Crippen molar-refractivity contribution in [2.45, 2.75) is 25.7 Å². The summed E-state index contributed by atoms with van der Waals surface area (Å²) in [6.07, 6.45) is 5.95. The number of nitrogens with two attached hydrogens (primary N) is 1. The second-order valence-corrected chi connectivity index (χ2v) is 6.55. The number of aryl methyl sites for hydroxylation is 2. The standard InChI is InChI=1S/C20H25N5O.HI/c1-25(12-10-17-7-2-3-11-22-17)19(26)14-23-20(21)24-18-9-8-15-5-4-6-16(15)13-18;/h2-3,7-9,11,13H,4-6,10,12,14H2,1H3,(H3,21,23,24);1H. The van der Waals surface area contributed by atoms with Gasteiger partial charge in [0.1, 0.15) is 6.54 Å². The van der Waals surface area contributed by atoms with E-state index in [0.29, 0.717) is 6.54 Å². The Hall–Kier alpha value is -2.16. The Balaban J connectivity index is 0.00000261. The van der Waals surface area contributed by atoms with Crippen molar-refractivity contribution in [2.75, 3.05) is 25.5 Å². The molecule has 0 bridgehead atoms. The van der Waals surface area contributed by atoms with Crippen LogP contribution in [0.5, 0.6) is 0 Å². The summed E-state index contributed by atoms with van der Waals surface area (Å²) in [4.78, 5) is 22.3. The number of anilines is 1. The lowest BCUT2D eigenvalue weighted by Crippen LogP contribution is -2.32. The minimum atomic E-state index is -0.0698. The van der Waals surface area contributed by atoms with Crippen LogP contribution in [0.2, 0.25) is 0 Å². The van der Waals surface area contributed by atoms with E-state index in [4.69, 9.17) is 5.73 Å². The van der Waals surface area contributed by atoms with Crippen molar-refractivity contribution in [3.05, 3.63) is 59.4 Å². The van der Waals surface area contributed by atoms with Crippen molar-refractivity contribution < 1.29 is 4.79 Å². The largest absolute Gasteiger partial charge is 0.370 e. The van der Waals surface area contributed by atoms with Crippen LogP contribution in [0.15, 0.2) is 47.6 Å². The molecule has 0 saturated carbocycles. The number of fused-ring (bicyclic) bond motifs is 1. The number of nitrogens with zero attached hydrogens (tertiary/aromatic N) is 3. The van der Waals surface area contributed by atoms with Crippen LogP contribution in [0.25, 0.3) is 0 Å². The summed E-state index contributed by atoms with van der Waals surface area (Å²) >= 11 is 0. The van der Waals surface area contributed by atoms with E-state index in [0.717, 1.165) is 30.6 Å². The van der Waals surface area contributed by atoms with Crippen molar-refractivity contribution in [1.29, 1.82) is 0 Å². The van der Waals surface area contributed by atoms with Crippen LogP contribution in [-0.4, -0.2) is 41.9 Å². The maximum Gasteiger partial charge on any atom is 0.244 e. The van der Waals surface area contributed by atoms with Crippen molar-refractivity contribution in [2.24, 2.45) is 10.7 Å². The molecule has 2 aromatic rings. The molecule has 0 radical (unpaired) electrons. The van der Waals surface area contributed by atoms with Gasteiger partial charge in [-0.25, -0.2) is 4.99 Å². The summed E-state index contributed by atoms with van der Waals surface area (Å²) in [5.74, 6) is 0.189. The highest BCUT2D eigenvalue weighted by atomic mass is 127. The number of aliphatic imine (C=N–C) groups is 1. The number of halogens is 1. The fourth-order valence-electron chi connectivity index (χ4n) is 3.06. The fraction of sp³-hybridized carbons (Fsp3) is 0.350. The van der Waals surface area contributed by atoms with Crippen molar-refractivity contribution in [3.63, 3.8) is 0 Å². The molecule has 6 nitrogen and oxygen atoms in total. The number of hydrogen-bond donors (Lipinski definition) is 2. The summed E-state index contributed by atoms with van der Waals surface area (Å²) in [6, 6.07) is 12.0. The Kier molecular flexibility index (Phi) is 8.02. The summed E-state index contributed by atoms with van der Waals surface area (Å²) in [5.41, 5.74) is 10.6. The van der Waals surface area contributed by atoms with Gasteiger partial charge in [-0.3, -0.25) is 9.78 Å². The lowest BCUT2D eigenvalue weighted by Gasteiger charge is -2.16. The Labute approximate surface area is 177 Å². The third kappa shape index (κ3) is 6.20. The van der Waals surface area contributed by atoms with E-state index >= 15 is 0 Å². The minimum absolute atomic E-state index is 0. The first-order valence-corrected chi connectivity index (χ1v) is 8.94. The van der Waals surface area contributed by atoms with Crippen LogP contribution < -0.4 is 11.1 Å². The fourth-order valence-corrected chi connectivity index (χ4v) is 3.06. The predicted molar refractivity (Wildman–Crippen MR) is 120 cm³/mol. The van der Waals surface area contributed by atoms with Crippen LogP contribution >= 0.6 is 24.0 Å². The van der Waals surface area contributed by atoms with E-state index in [1.165, 1.54) is 17.5 Å². The normalized spacial score (nSPS) is 12.9. The zero-order valence-corrected chi connectivity index (χ0v) is 17.8. The monoisotopic (exact) mass is 479 g/mol. The number of likely N-dealkylation sites (N-methyl/N-ethyl adjacent to an activating group) is 1. The molecule has 144 valence electrons. The molecule has 27 heavy (non-hydrogen) atoms. The zero-order chi connectivity index (χ0) is 18.4. The van der Waals surface area contributed by atoms with Crippen LogP contribution in [0.4, 0.5) is 5.69 Å². The van der Waals surface area contributed by atoms with Crippen molar-refractivity contribution in [1.82, 2.24) is 9.88 Å². The molecule has 1 amide bonds. The molecular weight excluding hydrogens is 453 g/mol. The van der Waals surface area contributed by atoms with Gasteiger partial charge in [0.05, 0.1) is 0 Å². The van der Waals surface area contributed by atoms with E-state index in [1.807, 2.05) is 24.3 Å². The third-order valence-corrected chi connectivity index (χ3v) is 4.61. The molecule has 1 aromatic heterocycles. The van der Waals surface area contributed by atoms with Gasteiger partial charge in [-0.15, -0.1) is 24.0 Å². The summed E-state index contributed by atoms with van der Waals surface area (Å²) < 4.78 is 0. The highest BCUT2D eigenvalue weighted by Gasteiger charge is 2.11. The Morgan fingerprint density at radius 1 is 1.26 bits per heavy atom. The molecule has 0 aliphatic heterocycles. The van der Waals surface area contributed by atoms with Crippen LogP contribution in [0.1, 0.15) is 23.2 Å². The van der Waals surface area contributed by atoms with Crippen molar-refractivity contribution in [3.8, 4) is 0 Å². The Morgan fingerprint density at radius 2 is 2.07 bits per heavy atom. The van der Waals surface area contributed by atoms with Gasteiger partial charge in [0.25, 0.3) is 0 Å². The first-order valence-electron chi connectivity index (χ1n) is 8.94. The Morgan fingerprint density at radius 3 is 2.85 bits per heavy atom. The molecule has 1 aromatic carbocycles. The number of pyridine rings is 1. The second kappa shape index (κ2) is 10.2. The summed E-state index contributed by atoms with van der Waals surface area (Å²) in [7, 11) is 1.77. The van der Waals surface area contributed by atoms with E-state index in [-0.39, 0.29) is 42.4 Å². The number of aromatic nitrogens is 1. The average Bonchev–Trinajstić information content (AvgIpc) is 3.12. The highest BCUT2D eigenvalue weighted by Crippen LogP contribution is 2.24. The molecule has 1 aliphatic rings. The number of amides is 1. The molecule has 1 heterocycles. The lowest BCUT2D eigenvalue weighted by molar-refractivity contribution is -0.128. The van der Waals surface area contributed by atoms with Crippen molar-refractivity contribution >= 4 is 41.5 Å². The maximum absolute atomic E-state index is 12.2. The quantitative estimate of drug-likeness (QED) is 0.379. The van der Waals surface area contributed by atoms with Crippen LogP contribution in [0, 0.1) is 0 Å². The number of carbonyl (C=O) groups excluding carboxylic acids is 1. The smallest absolute Gasteiger partial charge is 0.244 e. The summed E-state index contributed by atoms with van der Waals surface area (Å²) in [5, 5.41) is 3.07. The van der Waals surface area contributed by atoms with Gasteiger partial charge in [-0.1, -0.05) is 12.1 Å². The molecule has 3 N–H and O–H groups in total. The van der Waals surface area contributed by atoms with Gasteiger partial charge in [0, 0.05) is 37.6 Å². The Bertz CT molecular complexity index is 794. The third-order valence-electron chi connectivity index (χ3n) is 4.61. The molecule has 3 rings (SSSR count). The second-order valence-electron chi connectivity index (χ2n) is 6.55. The SMILES string of the molecule is CN(CCc1ccccn1)C(=O)CN=C(N)Nc1ccc2c(c1)CCC2.I. The number of carbonyl (C=O) groups is 1. The first-order chi connectivity index (χ1) is 12.6. The van der Waals surface area contributed by atoms with E-state index in [9.17, 15) is 4.79 Å². The lowest BCUT2D eigenvalue weighted by atomic mass is 10.1. The van der Waals surface area contributed by atoms with Crippen LogP contribution in [-0.2, 0) is 24.1 Å². The molecular formula is C20H26IN5O. The van der Waals surface area contributed by atoms with Gasteiger partial charge in [-0.2, -0.15) is 0 Å². The van der Waals surface area contributed by atoms with Gasteiger partial charge in [0.2, 0.25) is 5.91 Å². The summed E-state index contributed by atoms with van der Waals surface area (Å²) in [6.45, 7) is 0.631. The van der Waals surface area contributed by atoms with E-state index in [1.54, 1.807) is 18.1 Å². The maximum atomic E-state index is 12.2. The number of rotatable bonds is 6. The van der Waals surface area contributed by atoms with Gasteiger partial charge >= 0.3 is 0 Å². The number of guanidine groups is 1. The minimum Gasteiger partial charge on any atom is -0.370 e. The van der Waals surface area contributed by atoms with Gasteiger partial charge < -0.3 is 16.0 Å². The number of hydrogen-bond acceptors (Lipinski definition) is 3.